The summed E-state index contributed by atoms with van der Waals surface area (Å²) < 4.78 is 4.93. The van der Waals surface area contributed by atoms with Crippen molar-refractivity contribution in [2.45, 2.75) is 13.0 Å². The van der Waals surface area contributed by atoms with Crippen molar-refractivity contribution in [1.82, 2.24) is 10.2 Å². The molecule has 16 heavy (non-hydrogen) atoms. The van der Waals surface area contributed by atoms with E-state index >= 15 is 0 Å². The lowest BCUT2D eigenvalue weighted by Gasteiger charge is -2.19. The van der Waals surface area contributed by atoms with Gasteiger partial charge in [-0.1, -0.05) is 0 Å². The Morgan fingerprint density at radius 1 is 1.69 bits per heavy atom. The third-order valence-corrected chi connectivity index (χ3v) is 2.70. The lowest BCUT2D eigenvalue weighted by atomic mass is 10.1. The summed E-state index contributed by atoms with van der Waals surface area (Å²) in [5.41, 5.74) is 0.952. The number of nitrogens with one attached hydrogen (secondary N) is 1. The standard InChI is InChI=1S/C11H14N2O3/c1-13(6-8-2-3-16-7-8)11(15)9-4-10(14)12-5-9/h2-3,7,9H,4-6H2,1H3,(H,12,14). The Morgan fingerprint density at radius 2 is 2.50 bits per heavy atom. The number of hydrogen-bond acceptors (Lipinski definition) is 3. The normalized spacial score (nSPS) is 19.6. The van der Waals surface area contributed by atoms with Crippen molar-refractivity contribution in [2.24, 2.45) is 5.92 Å². The minimum atomic E-state index is -0.218. The van der Waals surface area contributed by atoms with Crippen LogP contribution in [0, 0.1) is 5.92 Å². The van der Waals surface area contributed by atoms with Gasteiger partial charge in [-0.25, -0.2) is 0 Å². The first kappa shape index (κ1) is 10.7. The molecule has 0 saturated carbocycles. The van der Waals surface area contributed by atoms with Crippen LogP contribution in [-0.4, -0.2) is 30.3 Å². The van der Waals surface area contributed by atoms with E-state index in [-0.39, 0.29) is 17.7 Å². The highest BCUT2D eigenvalue weighted by molar-refractivity contribution is 5.89. The summed E-state index contributed by atoms with van der Waals surface area (Å²) in [6.07, 6.45) is 3.49. The predicted molar refractivity (Wildman–Crippen MR) is 56.3 cm³/mol. The lowest BCUT2D eigenvalue weighted by molar-refractivity contribution is -0.135. The Kier molecular flexibility index (Phi) is 2.94. The van der Waals surface area contributed by atoms with Crippen molar-refractivity contribution in [3.05, 3.63) is 24.2 Å². The predicted octanol–water partition coefficient (Wildman–Crippen LogP) is 0.374. The highest BCUT2D eigenvalue weighted by Gasteiger charge is 2.29. The maximum absolute atomic E-state index is 11.9. The maximum atomic E-state index is 11.9. The second kappa shape index (κ2) is 4.38. The maximum Gasteiger partial charge on any atom is 0.228 e. The minimum Gasteiger partial charge on any atom is -0.472 e. The molecule has 1 aromatic rings. The zero-order valence-corrected chi connectivity index (χ0v) is 9.10. The van der Waals surface area contributed by atoms with Crippen molar-refractivity contribution in [1.29, 1.82) is 0 Å². The highest BCUT2D eigenvalue weighted by Crippen LogP contribution is 2.14. The van der Waals surface area contributed by atoms with Gasteiger partial charge in [-0.2, -0.15) is 0 Å². The first-order valence-electron chi connectivity index (χ1n) is 5.19. The Hall–Kier alpha value is -1.78. The van der Waals surface area contributed by atoms with Crippen molar-refractivity contribution in [2.75, 3.05) is 13.6 Å². The van der Waals surface area contributed by atoms with E-state index in [4.69, 9.17) is 4.42 Å². The van der Waals surface area contributed by atoms with Gasteiger partial charge >= 0.3 is 0 Å². The molecule has 5 nitrogen and oxygen atoms in total. The van der Waals surface area contributed by atoms with Crippen molar-refractivity contribution < 1.29 is 14.0 Å². The summed E-state index contributed by atoms with van der Waals surface area (Å²) in [5, 5.41) is 2.66. The van der Waals surface area contributed by atoms with Gasteiger partial charge in [0.05, 0.1) is 18.4 Å². The Morgan fingerprint density at radius 3 is 3.06 bits per heavy atom. The molecule has 0 aromatic carbocycles. The average molecular weight is 222 g/mol. The summed E-state index contributed by atoms with van der Waals surface area (Å²) in [7, 11) is 1.73. The van der Waals surface area contributed by atoms with E-state index in [1.54, 1.807) is 24.5 Å². The number of hydrogen-bond donors (Lipinski definition) is 1. The van der Waals surface area contributed by atoms with Gasteiger partial charge < -0.3 is 14.6 Å². The van der Waals surface area contributed by atoms with Crippen LogP contribution in [0.2, 0.25) is 0 Å². The van der Waals surface area contributed by atoms with Gasteiger partial charge in [0.25, 0.3) is 0 Å². The smallest absolute Gasteiger partial charge is 0.228 e. The van der Waals surface area contributed by atoms with Gasteiger partial charge in [0, 0.05) is 32.1 Å². The fourth-order valence-electron chi connectivity index (χ4n) is 1.83. The van der Waals surface area contributed by atoms with Crippen LogP contribution in [0.5, 0.6) is 0 Å². The topological polar surface area (TPSA) is 62.6 Å². The van der Waals surface area contributed by atoms with E-state index in [0.717, 1.165) is 5.56 Å². The molecule has 2 rings (SSSR count). The molecule has 1 saturated heterocycles. The Balaban J connectivity index is 1.92. The summed E-state index contributed by atoms with van der Waals surface area (Å²) in [5.74, 6) is -0.265. The summed E-state index contributed by atoms with van der Waals surface area (Å²) >= 11 is 0. The molecule has 86 valence electrons. The van der Waals surface area contributed by atoms with Crippen LogP contribution < -0.4 is 5.32 Å². The SMILES string of the molecule is CN(Cc1ccoc1)C(=O)C1CNC(=O)C1. The molecule has 1 atom stereocenters. The van der Waals surface area contributed by atoms with Crippen molar-refractivity contribution in [3.63, 3.8) is 0 Å². The molecular weight excluding hydrogens is 208 g/mol. The highest BCUT2D eigenvalue weighted by atomic mass is 16.3. The molecular formula is C11H14N2O3. The summed E-state index contributed by atoms with van der Waals surface area (Å²) in [4.78, 5) is 24.5. The molecule has 1 aromatic heterocycles. The van der Waals surface area contributed by atoms with Gasteiger partial charge in [-0.05, 0) is 6.07 Å². The molecule has 2 heterocycles. The lowest BCUT2D eigenvalue weighted by Crippen LogP contribution is -2.33. The fraction of sp³-hybridized carbons (Fsp3) is 0.455. The van der Waals surface area contributed by atoms with E-state index < -0.39 is 0 Å². The Labute approximate surface area is 93.4 Å². The number of rotatable bonds is 3. The summed E-state index contributed by atoms with van der Waals surface area (Å²) in [6, 6.07) is 1.82. The molecule has 0 spiro atoms. The van der Waals surface area contributed by atoms with E-state index in [1.807, 2.05) is 6.07 Å². The quantitative estimate of drug-likeness (QED) is 0.804. The minimum absolute atomic E-state index is 0.000417. The molecule has 0 radical (unpaired) electrons. The van der Waals surface area contributed by atoms with Gasteiger partial charge in [0.2, 0.25) is 11.8 Å². The van der Waals surface area contributed by atoms with Crippen LogP contribution >= 0.6 is 0 Å². The molecule has 2 amide bonds. The largest absolute Gasteiger partial charge is 0.472 e. The molecule has 0 aliphatic carbocycles. The van der Waals surface area contributed by atoms with E-state index in [1.165, 1.54) is 0 Å². The number of nitrogens with zero attached hydrogens (tertiary/aromatic N) is 1. The van der Waals surface area contributed by atoms with Crippen molar-refractivity contribution >= 4 is 11.8 Å². The van der Waals surface area contributed by atoms with Gasteiger partial charge in [0.15, 0.2) is 0 Å². The van der Waals surface area contributed by atoms with Crippen LogP contribution in [0.25, 0.3) is 0 Å². The molecule has 1 unspecified atom stereocenters. The second-order valence-corrected chi connectivity index (χ2v) is 4.03. The van der Waals surface area contributed by atoms with Crippen LogP contribution in [0.4, 0.5) is 0 Å². The zero-order chi connectivity index (χ0) is 11.5. The van der Waals surface area contributed by atoms with Gasteiger partial charge in [-0.3, -0.25) is 9.59 Å². The first-order chi connectivity index (χ1) is 7.66. The van der Waals surface area contributed by atoms with Crippen LogP contribution in [0.3, 0.4) is 0 Å². The third-order valence-electron chi connectivity index (χ3n) is 2.70. The zero-order valence-electron chi connectivity index (χ0n) is 9.10. The average Bonchev–Trinajstić information content (AvgIpc) is 2.88. The number of carbonyl (C=O) groups is 2. The molecule has 5 heteroatoms. The molecule has 1 aliphatic rings. The monoisotopic (exact) mass is 222 g/mol. The van der Waals surface area contributed by atoms with E-state index in [9.17, 15) is 9.59 Å². The molecule has 1 fully saturated rings. The fourth-order valence-corrected chi connectivity index (χ4v) is 1.83. The first-order valence-corrected chi connectivity index (χ1v) is 5.19. The van der Waals surface area contributed by atoms with Gasteiger partial charge in [-0.15, -0.1) is 0 Å². The molecule has 0 bridgehead atoms. The number of carbonyl (C=O) groups excluding carboxylic acids is 2. The molecule has 1 aliphatic heterocycles. The third kappa shape index (κ3) is 2.24. The molecule has 1 N–H and O–H groups in total. The Bertz CT molecular complexity index is 386. The summed E-state index contributed by atoms with van der Waals surface area (Å²) in [6.45, 7) is 0.966. The van der Waals surface area contributed by atoms with Gasteiger partial charge in [0.1, 0.15) is 0 Å². The van der Waals surface area contributed by atoms with E-state index in [2.05, 4.69) is 5.32 Å². The van der Waals surface area contributed by atoms with Crippen LogP contribution in [0.1, 0.15) is 12.0 Å². The van der Waals surface area contributed by atoms with Crippen LogP contribution in [0.15, 0.2) is 23.0 Å². The van der Waals surface area contributed by atoms with E-state index in [0.29, 0.717) is 19.5 Å². The number of amides is 2. The van der Waals surface area contributed by atoms with Crippen molar-refractivity contribution in [3.8, 4) is 0 Å². The second-order valence-electron chi connectivity index (χ2n) is 4.03. The van der Waals surface area contributed by atoms with Crippen LogP contribution in [-0.2, 0) is 16.1 Å². The number of furan rings is 1.